The van der Waals surface area contributed by atoms with Crippen LogP contribution in [0.4, 0.5) is 0 Å². The van der Waals surface area contributed by atoms with E-state index >= 15 is 0 Å². The van der Waals surface area contributed by atoms with Crippen LogP contribution < -0.4 is 5.82 Å². The summed E-state index contributed by atoms with van der Waals surface area (Å²) in [7, 11) is 0. The van der Waals surface area contributed by atoms with E-state index in [2.05, 4.69) is 8.83 Å². The van der Waals surface area contributed by atoms with Crippen molar-refractivity contribution in [3.63, 3.8) is 0 Å². The molecular weight excluding hydrogens is 148 g/mol. The van der Waals surface area contributed by atoms with Gasteiger partial charge in [-0.2, -0.15) is 0 Å². The van der Waals surface area contributed by atoms with Gasteiger partial charge in [0.1, 0.15) is 12.9 Å². The third kappa shape index (κ3) is 2.59. The topological polar surface area (TPSA) is 52.6 Å². The molecule has 0 amide bonds. The molecule has 4 nitrogen and oxygen atoms in total. The van der Waals surface area contributed by atoms with E-state index in [9.17, 15) is 4.79 Å². The zero-order valence-corrected chi connectivity index (χ0v) is 6.33. The Morgan fingerprint density at radius 3 is 3.00 bits per heavy atom. The van der Waals surface area contributed by atoms with Crippen molar-refractivity contribution in [2.45, 2.75) is 20.0 Å². The minimum atomic E-state index is -0.680. The fourth-order valence-corrected chi connectivity index (χ4v) is 0.650. The summed E-state index contributed by atoms with van der Waals surface area (Å²) in [6.07, 6.45) is 2.21. The summed E-state index contributed by atoms with van der Waals surface area (Å²) in [5.41, 5.74) is 0. The summed E-state index contributed by atoms with van der Waals surface area (Å²) in [4.78, 5) is 10.3. The average Bonchev–Trinajstić information content (AvgIpc) is 2.37. The van der Waals surface area contributed by atoms with Gasteiger partial charge in [-0.25, -0.2) is 4.79 Å². The van der Waals surface area contributed by atoms with Crippen LogP contribution in [0.25, 0.3) is 0 Å². The lowest BCUT2D eigenvalue weighted by atomic mass is 10.5. The van der Waals surface area contributed by atoms with Crippen LogP contribution in [0.2, 0.25) is 0 Å². The molecule has 0 aliphatic carbocycles. The van der Waals surface area contributed by atoms with E-state index in [1.807, 2.05) is 6.92 Å². The second-order valence-corrected chi connectivity index (χ2v) is 2.11. The highest BCUT2D eigenvalue weighted by Gasteiger charge is 1.99. The Hall–Kier alpha value is -1.03. The molecule has 0 aromatic carbocycles. The van der Waals surface area contributed by atoms with Gasteiger partial charge in [-0.1, -0.05) is 6.92 Å². The zero-order valence-electron chi connectivity index (χ0n) is 6.33. The molecule has 0 aliphatic rings. The molecule has 0 saturated heterocycles. The molecule has 0 fully saturated rings. The standard InChI is InChI=1S/C7H10O4/c1-2-3-9-4-6-5-10-7(8)11-6/h5H,2-4H2,1H3. The van der Waals surface area contributed by atoms with Gasteiger partial charge < -0.3 is 13.6 Å². The Morgan fingerprint density at radius 2 is 2.45 bits per heavy atom. The van der Waals surface area contributed by atoms with Gasteiger partial charge in [-0.15, -0.1) is 0 Å². The molecule has 1 aromatic heterocycles. The van der Waals surface area contributed by atoms with E-state index < -0.39 is 5.82 Å². The van der Waals surface area contributed by atoms with E-state index in [1.54, 1.807) is 0 Å². The maximum atomic E-state index is 10.3. The third-order valence-corrected chi connectivity index (χ3v) is 1.09. The van der Waals surface area contributed by atoms with Crippen LogP contribution in [0.5, 0.6) is 0 Å². The summed E-state index contributed by atoms with van der Waals surface area (Å²) in [6, 6.07) is 0. The Labute approximate surface area is 63.8 Å². The van der Waals surface area contributed by atoms with Crippen molar-refractivity contribution in [3.8, 4) is 0 Å². The van der Waals surface area contributed by atoms with E-state index in [-0.39, 0.29) is 0 Å². The molecule has 0 radical (unpaired) electrons. The first kappa shape index (κ1) is 8.07. The van der Waals surface area contributed by atoms with Crippen LogP contribution in [0.3, 0.4) is 0 Å². The number of rotatable bonds is 4. The molecule has 0 spiro atoms. The van der Waals surface area contributed by atoms with Crippen molar-refractivity contribution in [3.05, 3.63) is 22.6 Å². The molecule has 0 unspecified atom stereocenters. The Kier molecular flexibility index (Phi) is 2.92. The normalized spacial score (nSPS) is 10.3. The third-order valence-electron chi connectivity index (χ3n) is 1.09. The summed E-state index contributed by atoms with van der Waals surface area (Å²) < 4.78 is 14.1. The van der Waals surface area contributed by atoms with Crippen molar-refractivity contribution in [2.24, 2.45) is 0 Å². The minimum absolute atomic E-state index is 0.305. The molecule has 1 aromatic rings. The lowest BCUT2D eigenvalue weighted by molar-refractivity contribution is 0.106. The van der Waals surface area contributed by atoms with Gasteiger partial charge in [0.05, 0.1) is 0 Å². The highest BCUT2D eigenvalue weighted by atomic mass is 16.6. The summed E-state index contributed by atoms with van der Waals surface area (Å²) in [6.45, 7) is 2.97. The van der Waals surface area contributed by atoms with E-state index in [1.165, 1.54) is 6.26 Å². The minimum Gasteiger partial charge on any atom is -0.399 e. The molecule has 1 heterocycles. The summed E-state index contributed by atoms with van der Waals surface area (Å²) in [5, 5.41) is 0. The highest BCUT2D eigenvalue weighted by Crippen LogP contribution is 1.97. The quantitative estimate of drug-likeness (QED) is 0.617. The van der Waals surface area contributed by atoms with Crippen LogP contribution in [0, 0.1) is 0 Å². The van der Waals surface area contributed by atoms with E-state index in [4.69, 9.17) is 4.74 Å². The maximum Gasteiger partial charge on any atom is 0.518 e. The number of hydrogen-bond donors (Lipinski definition) is 0. The van der Waals surface area contributed by atoms with Crippen molar-refractivity contribution in [1.29, 1.82) is 0 Å². The second kappa shape index (κ2) is 3.98. The maximum absolute atomic E-state index is 10.3. The molecule has 0 saturated carbocycles. The molecule has 0 aliphatic heterocycles. The number of ether oxygens (including phenoxy) is 1. The van der Waals surface area contributed by atoms with Gasteiger partial charge in [-0.3, -0.25) is 0 Å². The highest BCUT2D eigenvalue weighted by molar-refractivity contribution is 4.81. The molecule has 0 bridgehead atoms. The first-order valence-corrected chi connectivity index (χ1v) is 3.48. The summed E-state index contributed by atoms with van der Waals surface area (Å²) in [5.74, 6) is -0.247. The van der Waals surface area contributed by atoms with Crippen molar-refractivity contribution in [1.82, 2.24) is 0 Å². The average molecular weight is 158 g/mol. The molecule has 0 N–H and O–H groups in total. The lowest BCUT2D eigenvalue weighted by Crippen LogP contribution is -1.93. The van der Waals surface area contributed by atoms with Crippen molar-refractivity contribution >= 4 is 0 Å². The fraction of sp³-hybridized carbons (Fsp3) is 0.571. The van der Waals surface area contributed by atoms with Gasteiger partial charge in [0.25, 0.3) is 0 Å². The summed E-state index contributed by atoms with van der Waals surface area (Å²) >= 11 is 0. The van der Waals surface area contributed by atoms with Crippen LogP contribution in [0.15, 0.2) is 19.9 Å². The van der Waals surface area contributed by atoms with Crippen LogP contribution in [-0.2, 0) is 11.3 Å². The molecule has 11 heavy (non-hydrogen) atoms. The zero-order chi connectivity index (χ0) is 8.10. The Balaban J connectivity index is 2.33. The largest absolute Gasteiger partial charge is 0.518 e. The smallest absolute Gasteiger partial charge is 0.399 e. The van der Waals surface area contributed by atoms with Crippen molar-refractivity contribution in [2.75, 3.05) is 6.61 Å². The van der Waals surface area contributed by atoms with Crippen LogP contribution in [-0.4, -0.2) is 6.61 Å². The van der Waals surface area contributed by atoms with E-state index in [0.29, 0.717) is 19.0 Å². The van der Waals surface area contributed by atoms with Crippen LogP contribution >= 0.6 is 0 Å². The molecular formula is C7H10O4. The molecule has 1 rings (SSSR count). The van der Waals surface area contributed by atoms with Gasteiger partial charge in [0.15, 0.2) is 5.76 Å². The molecule has 0 atom stereocenters. The Bertz CT molecular complexity index is 247. The van der Waals surface area contributed by atoms with Crippen molar-refractivity contribution < 1.29 is 13.6 Å². The fourth-order valence-electron chi connectivity index (χ4n) is 0.650. The SMILES string of the molecule is CCCOCc1coc(=O)o1. The molecule has 4 heteroatoms. The van der Waals surface area contributed by atoms with Gasteiger partial charge >= 0.3 is 5.82 Å². The lowest BCUT2D eigenvalue weighted by Gasteiger charge is -1.95. The van der Waals surface area contributed by atoms with Gasteiger partial charge in [-0.05, 0) is 6.42 Å². The van der Waals surface area contributed by atoms with Gasteiger partial charge in [0, 0.05) is 6.61 Å². The first-order chi connectivity index (χ1) is 5.33. The predicted molar refractivity (Wildman–Crippen MR) is 37.2 cm³/mol. The number of hydrogen-bond acceptors (Lipinski definition) is 4. The first-order valence-electron chi connectivity index (χ1n) is 3.48. The monoisotopic (exact) mass is 158 g/mol. The molecule has 62 valence electrons. The van der Waals surface area contributed by atoms with E-state index in [0.717, 1.165) is 6.42 Å². The Morgan fingerprint density at radius 1 is 1.64 bits per heavy atom. The van der Waals surface area contributed by atoms with Gasteiger partial charge in [0.2, 0.25) is 0 Å². The predicted octanol–water partition coefficient (Wildman–Crippen LogP) is 1.16. The second-order valence-electron chi connectivity index (χ2n) is 2.11. The van der Waals surface area contributed by atoms with Crippen LogP contribution in [0.1, 0.15) is 19.1 Å².